The lowest BCUT2D eigenvalue weighted by atomic mass is 9.88. The van der Waals surface area contributed by atoms with Crippen LogP contribution in [0.1, 0.15) is 54.4 Å². The third-order valence-electron chi connectivity index (χ3n) is 5.00. The molecule has 1 heterocycles. The molecule has 2 N–H and O–H groups in total. The first kappa shape index (κ1) is 20.6. The maximum Gasteiger partial charge on any atom is 0.329 e. The summed E-state index contributed by atoms with van der Waals surface area (Å²) < 4.78 is 10.2. The number of ether oxygens (including phenoxy) is 1. The van der Waals surface area contributed by atoms with E-state index in [2.05, 4.69) is 16.7 Å². The lowest BCUT2D eigenvalue weighted by molar-refractivity contribution is -0.151. The van der Waals surface area contributed by atoms with Crippen molar-refractivity contribution in [2.75, 3.05) is 6.61 Å². The van der Waals surface area contributed by atoms with E-state index in [1.54, 1.807) is 19.9 Å². The maximum absolute atomic E-state index is 12.4. The minimum Gasteiger partial charge on any atom is -0.459 e. The SMILES string of the molecule is CC(C)C(NC(=O)c1ccco1)C(=O)OCC(=O)NC1CCCc2ccccc21. The Kier molecular flexibility index (Phi) is 6.69. The van der Waals surface area contributed by atoms with Crippen molar-refractivity contribution in [3.05, 3.63) is 59.5 Å². The van der Waals surface area contributed by atoms with E-state index < -0.39 is 24.5 Å². The molecule has 7 nitrogen and oxygen atoms in total. The van der Waals surface area contributed by atoms with Gasteiger partial charge in [0.05, 0.1) is 12.3 Å². The molecule has 2 unspecified atom stereocenters. The highest BCUT2D eigenvalue weighted by Gasteiger charge is 2.28. The topological polar surface area (TPSA) is 97.6 Å². The number of aryl methyl sites for hydroxylation is 1. The Bertz CT molecular complexity index is 860. The number of benzene rings is 1. The van der Waals surface area contributed by atoms with Gasteiger partial charge < -0.3 is 19.8 Å². The van der Waals surface area contributed by atoms with Gasteiger partial charge in [0.2, 0.25) is 0 Å². The lowest BCUT2D eigenvalue weighted by Crippen LogP contribution is -2.46. The van der Waals surface area contributed by atoms with E-state index in [1.165, 1.54) is 17.9 Å². The zero-order chi connectivity index (χ0) is 20.8. The number of nitrogens with one attached hydrogen (secondary N) is 2. The van der Waals surface area contributed by atoms with E-state index in [4.69, 9.17) is 9.15 Å². The van der Waals surface area contributed by atoms with Crippen molar-refractivity contribution < 1.29 is 23.5 Å². The van der Waals surface area contributed by atoms with Gasteiger partial charge in [0.15, 0.2) is 12.4 Å². The number of hydrogen-bond donors (Lipinski definition) is 2. The molecule has 2 aromatic rings. The molecule has 0 spiro atoms. The quantitative estimate of drug-likeness (QED) is 0.699. The Hall–Kier alpha value is -3.09. The van der Waals surface area contributed by atoms with Crippen LogP contribution in [0.5, 0.6) is 0 Å². The molecular weight excluding hydrogens is 372 g/mol. The van der Waals surface area contributed by atoms with Crippen molar-refractivity contribution >= 4 is 17.8 Å². The fraction of sp³-hybridized carbons (Fsp3) is 0.409. The van der Waals surface area contributed by atoms with Crippen molar-refractivity contribution in [3.8, 4) is 0 Å². The molecule has 0 saturated heterocycles. The molecule has 2 amide bonds. The van der Waals surface area contributed by atoms with Crippen molar-refractivity contribution in [2.45, 2.75) is 45.2 Å². The second-order valence-electron chi connectivity index (χ2n) is 7.49. The predicted molar refractivity (Wildman–Crippen MR) is 106 cm³/mol. The van der Waals surface area contributed by atoms with E-state index in [0.29, 0.717) is 0 Å². The van der Waals surface area contributed by atoms with Crippen LogP contribution in [-0.4, -0.2) is 30.4 Å². The molecule has 3 rings (SSSR count). The highest BCUT2D eigenvalue weighted by Crippen LogP contribution is 2.29. The van der Waals surface area contributed by atoms with Gasteiger partial charge in [-0.1, -0.05) is 38.1 Å². The maximum atomic E-state index is 12.4. The first-order chi connectivity index (χ1) is 14.0. The molecule has 7 heteroatoms. The molecule has 0 saturated carbocycles. The minimum absolute atomic E-state index is 0.0781. The number of carbonyl (C=O) groups is 3. The Morgan fingerprint density at radius 3 is 2.69 bits per heavy atom. The van der Waals surface area contributed by atoms with Gasteiger partial charge in [-0.05, 0) is 48.4 Å². The van der Waals surface area contributed by atoms with Crippen molar-refractivity contribution in [2.24, 2.45) is 5.92 Å². The first-order valence-electron chi connectivity index (χ1n) is 9.84. The summed E-state index contributed by atoms with van der Waals surface area (Å²) in [5.74, 6) is -1.63. The van der Waals surface area contributed by atoms with Crippen LogP contribution in [-0.2, 0) is 20.7 Å². The number of esters is 1. The average molecular weight is 398 g/mol. The standard InChI is InChI=1S/C22H26N2O5/c1-14(2)20(24-21(26)18-11-6-12-28-18)22(27)29-13-19(25)23-17-10-5-8-15-7-3-4-9-16(15)17/h3-4,6-7,9,11-12,14,17,20H,5,8,10,13H2,1-2H3,(H,23,25)(H,24,26). The highest BCUT2D eigenvalue weighted by molar-refractivity contribution is 5.94. The van der Waals surface area contributed by atoms with E-state index in [0.717, 1.165) is 24.8 Å². The van der Waals surface area contributed by atoms with E-state index in [-0.39, 0.29) is 23.6 Å². The number of hydrogen-bond acceptors (Lipinski definition) is 5. The Morgan fingerprint density at radius 1 is 1.17 bits per heavy atom. The van der Waals surface area contributed by atoms with Gasteiger partial charge in [-0.3, -0.25) is 9.59 Å². The largest absolute Gasteiger partial charge is 0.459 e. The fourth-order valence-electron chi connectivity index (χ4n) is 3.48. The fourth-order valence-corrected chi connectivity index (χ4v) is 3.48. The Balaban J connectivity index is 1.53. The van der Waals surface area contributed by atoms with Gasteiger partial charge in [-0.2, -0.15) is 0 Å². The van der Waals surface area contributed by atoms with Crippen LogP contribution in [0.4, 0.5) is 0 Å². The molecule has 1 aliphatic carbocycles. The van der Waals surface area contributed by atoms with Gasteiger partial charge in [0.25, 0.3) is 11.8 Å². The number of fused-ring (bicyclic) bond motifs is 1. The van der Waals surface area contributed by atoms with Crippen LogP contribution < -0.4 is 10.6 Å². The highest BCUT2D eigenvalue weighted by atomic mass is 16.5. The molecule has 1 aromatic carbocycles. The van der Waals surface area contributed by atoms with Gasteiger partial charge >= 0.3 is 5.97 Å². The molecule has 154 valence electrons. The molecule has 0 bridgehead atoms. The van der Waals surface area contributed by atoms with Crippen molar-refractivity contribution in [3.63, 3.8) is 0 Å². The van der Waals surface area contributed by atoms with Gasteiger partial charge in [0.1, 0.15) is 6.04 Å². The molecular formula is C22H26N2O5. The predicted octanol–water partition coefficient (Wildman–Crippen LogP) is 2.77. The monoisotopic (exact) mass is 398 g/mol. The van der Waals surface area contributed by atoms with E-state index in [9.17, 15) is 14.4 Å². The van der Waals surface area contributed by atoms with Crippen LogP contribution in [0.2, 0.25) is 0 Å². The summed E-state index contributed by atoms with van der Waals surface area (Å²) in [7, 11) is 0. The number of rotatable bonds is 7. The van der Waals surface area contributed by atoms with E-state index >= 15 is 0 Å². The number of furan rings is 1. The summed E-state index contributed by atoms with van der Waals surface area (Å²) in [6.07, 6.45) is 4.23. The van der Waals surface area contributed by atoms with E-state index in [1.807, 2.05) is 18.2 Å². The summed E-state index contributed by atoms with van der Waals surface area (Å²) in [5.41, 5.74) is 2.35. The van der Waals surface area contributed by atoms with Gasteiger partial charge in [-0.15, -0.1) is 0 Å². The number of carbonyl (C=O) groups excluding carboxylic acids is 3. The Morgan fingerprint density at radius 2 is 1.97 bits per heavy atom. The second kappa shape index (κ2) is 9.41. The molecule has 0 aliphatic heterocycles. The molecule has 2 atom stereocenters. The van der Waals surface area contributed by atoms with Crippen LogP contribution in [0.15, 0.2) is 47.1 Å². The minimum atomic E-state index is -0.879. The zero-order valence-electron chi connectivity index (χ0n) is 16.6. The summed E-state index contributed by atoms with van der Waals surface area (Å²) in [6, 6.07) is 10.2. The molecule has 0 fully saturated rings. The van der Waals surface area contributed by atoms with Crippen LogP contribution in [0.3, 0.4) is 0 Å². The molecule has 0 radical (unpaired) electrons. The van der Waals surface area contributed by atoms with Crippen molar-refractivity contribution in [1.82, 2.24) is 10.6 Å². The Labute approximate surface area is 169 Å². The van der Waals surface area contributed by atoms with Crippen LogP contribution in [0, 0.1) is 5.92 Å². The second-order valence-corrected chi connectivity index (χ2v) is 7.49. The zero-order valence-corrected chi connectivity index (χ0v) is 16.6. The molecule has 29 heavy (non-hydrogen) atoms. The third kappa shape index (κ3) is 5.25. The summed E-state index contributed by atoms with van der Waals surface area (Å²) in [4.78, 5) is 36.9. The normalized spacial score (nSPS) is 16.6. The van der Waals surface area contributed by atoms with Gasteiger partial charge in [-0.25, -0.2) is 4.79 Å². The smallest absolute Gasteiger partial charge is 0.329 e. The molecule has 1 aromatic heterocycles. The summed E-state index contributed by atoms with van der Waals surface area (Å²) in [5, 5.41) is 5.54. The first-order valence-corrected chi connectivity index (χ1v) is 9.84. The molecule has 1 aliphatic rings. The van der Waals surface area contributed by atoms with Crippen LogP contribution in [0.25, 0.3) is 0 Å². The van der Waals surface area contributed by atoms with Crippen LogP contribution >= 0.6 is 0 Å². The lowest BCUT2D eigenvalue weighted by Gasteiger charge is -2.26. The number of amides is 2. The average Bonchev–Trinajstić information content (AvgIpc) is 3.25. The van der Waals surface area contributed by atoms with Crippen molar-refractivity contribution in [1.29, 1.82) is 0 Å². The summed E-state index contributed by atoms with van der Waals surface area (Å²) >= 11 is 0. The third-order valence-corrected chi connectivity index (χ3v) is 5.00. The van der Waals surface area contributed by atoms with Gasteiger partial charge in [0, 0.05) is 0 Å². The summed E-state index contributed by atoms with van der Waals surface area (Å²) in [6.45, 7) is 3.18.